The van der Waals surface area contributed by atoms with Crippen LogP contribution in [0.1, 0.15) is 35.2 Å². The summed E-state index contributed by atoms with van der Waals surface area (Å²) >= 11 is 5.22. The number of benzene rings is 1. The summed E-state index contributed by atoms with van der Waals surface area (Å²) in [6.07, 6.45) is 3.30. The summed E-state index contributed by atoms with van der Waals surface area (Å²) in [6.45, 7) is 3.32. The molecular weight excluding hydrogens is 290 g/mol. The molecule has 0 unspecified atom stereocenters. The van der Waals surface area contributed by atoms with Crippen LogP contribution in [0.2, 0.25) is 0 Å². The van der Waals surface area contributed by atoms with Gasteiger partial charge in [0, 0.05) is 30.3 Å². The van der Waals surface area contributed by atoms with Gasteiger partial charge in [0.05, 0.1) is 4.92 Å². The quantitative estimate of drug-likeness (QED) is 0.516. The van der Waals surface area contributed by atoms with Crippen molar-refractivity contribution in [1.29, 1.82) is 0 Å². The molecule has 0 aliphatic carbocycles. The number of amides is 1. The Labute approximate surface area is 128 Å². The number of likely N-dealkylation sites (tertiary alicyclic amines) is 1. The molecule has 2 rings (SSSR count). The fraction of sp³-hybridized carbons (Fsp3) is 0.429. The zero-order chi connectivity index (χ0) is 15.4. The van der Waals surface area contributed by atoms with E-state index in [0.717, 1.165) is 25.9 Å². The van der Waals surface area contributed by atoms with Crippen LogP contribution >= 0.6 is 12.2 Å². The van der Waals surface area contributed by atoms with Crippen molar-refractivity contribution >= 4 is 28.9 Å². The molecule has 1 aromatic rings. The zero-order valence-electron chi connectivity index (χ0n) is 11.8. The van der Waals surface area contributed by atoms with Crippen LogP contribution in [0.3, 0.4) is 0 Å². The van der Waals surface area contributed by atoms with E-state index in [-0.39, 0.29) is 11.3 Å². The number of nitro groups is 1. The average molecular weight is 307 g/mol. The van der Waals surface area contributed by atoms with E-state index in [1.165, 1.54) is 12.5 Å². The molecule has 1 aromatic carbocycles. The summed E-state index contributed by atoms with van der Waals surface area (Å²) in [4.78, 5) is 24.5. The molecule has 0 radical (unpaired) electrons. The lowest BCUT2D eigenvalue weighted by Gasteiger charge is -2.28. The Balaban J connectivity index is 2.07. The summed E-state index contributed by atoms with van der Waals surface area (Å²) in [5.41, 5.74) is 0.702. The molecule has 1 N–H and O–H groups in total. The lowest BCUT2D eigenvalue weighted by Crippen LogP contribution is -2.44. The van der Waals surface area contributed by atoms with Gasteiger partial charge in [-0.05, 0) is 44.5 Å². The summed E-state index contributed by atoms with van der Waals surface area (Å²) in [7, 11) is 0. The van der Waals surface area contributed by atoms with Crippen molar-refractivity contribution in [3.8, 4) is 0 Å². The number of hydrogen-bond acceptors (Lipinski definition) is 4. The lowest BCUT2D eigenvalue weighted by molar-refractivity contribution is -0.385. The standard InChI is InChI=1S/C14H17N3O3S/c1-10-5-6-11(9-12(10)17(19)20)13(18)15-14(21)16-7-3-2-4-8-16/h5-6,9H,2-4,7-8H2,1H3,(H,15,18,21). The van der Waals surface area contributed by atoms with Crippen LogP contribution < -0.4 is 5.32 Å². The molecule has 0 spiro atoms. The van der Waals surface area contributed by atoms with E-state index in [0.29, 0.717) is 10.7 Å². The minimum atomic E-state index is -0.491. The Bertz CT molecular complexity index is 583. The normalized spacial score (nSPS) is 14.6. The molecule has 0 aromatic heterocycles. The Kier molecular flexibility index (Phi) is 4.85. The van der Waals surface area contributed by atoms with Crippen molar-refractivity contribution in [3.05, 3.63) is 39.4 Å². The molecule has 21 heavy (non-hydrogen) atoms. The third kappa shape index (κ3) is 3.75. The van der Waals surface area contributed by atoms with Gasteiger partial charge in [-0.3, -0.25) is 20.2 Å². The summed E-state index contributed by atoms with van der Waals surface area (Å²) < 4.78 is 0. The highest BCUT2D eigenvalue weighted by Gasteiger charge is 2.18. The molecule has 0 saturated carbocycles. The first-order valence-electron chi connectivity index (χ1n) is 6.84. The fourth-order valence-corrected chi connectivity index (χ4v) is 2.57. The number of hydrogen-bond donors (Lipinski definition) is 1. The molecule has 1 amide bonds. The van der Waals surface area contributed by atoms with Gasteiger partial charge in [-0.1, -0.05) is 6.07 Å². The molecule has 1 fully saturated rings. The number of rotatable bonds is 2. The molecule has 0 atom stereocenters. The minimum Gasteiger partial charge on any atom is -0.349 e. The van der Waals surface area contributed by atoms with Gasteiger partial charge in [0.25, 0.3) is 11.6 Å². The minimum absolute atomic E-state index is 0.0634. The third-order valence-corrected chi connectivity index (χ3v) is 3.89. The molecule has 1 aliphatic rings. The van der Waals surface area contributed by atoms with E-state index in [1.54, 1.807) is 19.1 Å². The Morgan fingerprint density at radius 2 is 2.00 bits per heavy atom. The first-order chi connectivity index (χ1) is 9.99. The van der Waals surface area contributed by atoms with Crippen molar-refractivity contribution < 1.29 is 9.72 Å². The first kappa shape index (κ1) is 15.4. The number of nitrogens with one attached hydrogen (secondary N) is 1. The molecular formula is C14H17N3O3S. The predicted molar refractivity (Wildman–Crippen MR) is 83.3 cm³/mol. The van der Waals surface area contributed by atoms with E-state index in [1.807, 2.05) is 4.90 Å². The van der Waals surface area contributed by atoms with Gasteiger partial charge in [-0.2, -0.15) is 0 Å². The second-order valence-corrected chi connectivity index (χ2v) is 5.45. The smallest absolute Gasteiger partial charge is 0.273 e. The van der Waals surface area contributed by atoms with E-state index in [2.05, 4.69) is 5.32 Å². The van der Waals surface area contributed by atoms with Gasteiger partial charge in [0.1, 0.15) is 0 Å². The van der Waals surface area contributed by atoms with Crippen LogP contribution in [0.5, 0.6) is 0 Å². The van der Waals surface area contributed by atoms with Crippen LogP contribution in [-0.2, 0) is 0 Å². The van der Waals surface area contributed by atoms with E-state index >= 15 is 0 Å². The first-order valence-corrected chi connectivity index (χ1v) is 7.25. The fourth-order valence-electron chi connectivity index (χ4n) is 2.29. The van der Waals surface area contributed by atoms with Crippen LogP contribution in [0, 0.1) is 17.0 Å². The van der Waals surface area contributed by atoms with Crippen molar-refractivity contribution in [2.45, 2.75) is 26.2 Å². The largest absolute Gasteiger partial charge is 0.349 e. The molecule has 1 saturated heterocycles. The number of carbonyl (C=O) groups is 1. The highest BCUT2D eigenvalue weighted by molar-refractivity contribution is 7.80. The second kappa shape index (κ2) is 6.62. The maximum absolute atomic E-state index is 12.1. The van der Waals surface area contributed by atoms with Crippen LogP contribution in [0.4, 0.5) is 5.69 Å². The van der Waals surface area contributed by atoms with Crippen molar-refractivity contribution in [1.82, 2.24) is 10.2 Å². The van der Waals surface area contributed by atoms with Gasteiger partial charge in [-0.15, -0.1) is 0 Å². The number of piperidine rings is 1. The predicted octanol–water partition coefficient (Wildman–Crippen LogP) is 2.40. The molecule has 7 heteroatoms. The van der Waals surface area contributed by atoms with Gasteiger partial charge in [0.2, 0.25) is 0 Å². The lowest BCUT2D eigenvalue weighted by atomic mass is 10.1. The van der Waals surface area contributed by atoms with Crippen LogP contribution in [0.25, 0.3) is 0 Å². The number of carbonyl (C=O) groups excluding carboxylic acids is 1. The Morgan fingerprint density at radius 3 is 2.62 bits per heavy atom. The molecule has 6 nitrogen and oxygen atoms in total. The van der Waals surface area contributed by atoms with Crippen molar-refractivity contribution in [2.24, 2.45) is 0 Å². The number of nitro benzene ring substituents is 1. The highest BCUT2D eigenvalue weighted by atomic mass is 32.1. The number of aryl methyl sites for hydroxylation is 1. The summed E-state index contributed by atoms with van der Waals surface area (Å²) in [5, 5.41) is 13.9. The topological polar surface area (TPSA) is 75.5 Å². The van der Waals surface area contributed by atoms with E-state index in [4.69, 9.17) is 12.2 Å². The number of nitrogens with zero attached hydrogens (tertiary/aromatic N) is 2. The third-order valence-electron chi connectivity index (χ3n) is 3.53. The SMILES string of the molecule is Cc1ccc(C(=O)NC(=S)N2CCCCC2)cc1[N+](=O)[O-]. The van der Waals surface area contributed by atoms with Gasteiger partial charge < -0.3 is 4.90 Å². The highest BCUT2D eigenvalue weighted by Crippen LogP contribution is 2.19. The molecule has 1 heterocycles. The van der Waals surface area contributed by atoms with Crippen LogP contribution in [-0.4, -0.2) is 33.9 Å². The monoisotopic (exact) mass is 307 g/mol. The summed E-state index contributed by atoms with van der Waals surface area (Å²) in [5.74, 6) is -0.409. The van der Waals surface area contributed by atoms with E-state index in [9.17, 15) is 14.9 Å². The average Bonchev–Trinajstić information content (AvgIpc) is 2.48. The van der Waals surface area contributed by atoms with Gasteiger partial charge in [0.15, 0.2) is 5.11 Å². The van der Waals surface area contributed by atoms with Crippen molar-refractivity contribution in [2.75, 3.05) is 13.1 Å². The van der Waals surface area contributed by atoms with Gasteiger partial charge in [-0.25, -0.2) is 0 Å². The van der Waals surface area contributed by atoms with Gasteiger partial charge >= 0.3 is 0 Å². The zero-order valence-corrected chi connectivity index (χ0v) is 12.6. The van der Waals surface area contributed by atoms with Crippen molar-refractivity contribution in [3.63, 3.8) is 0 Å². The second-order valence-electron chi connectivity index (χ2n) is 5.07. The molecule has 0 bridgehead atoms. The molecule has 1 aliphatic heterocycles. The Morgan fingerprint density at radius 1 is 1.33 bits per heavy atom. The maximum Gasteiger partial charge on any atom is 0.273 e. The Hall–Kier alpha value is -2.02. The maximum atomic E-state index is 12.1. The van der Waals surface area contributed by atoms with Crippen LogP contribution in [0.15, 0.2) is 18.2 Å². The van der Waals surface area contributed by atoms with E-state index < -0.39 is 10.8 Å². The molecule has 112 valence electrons. The number of thiocarbonyl (C=S) groups is 1. The summed E-state index contributed by atoms with van der Waals surface area (Å²) in [6, 6.07) is 4.41.